The highest BCUT2D eigenvalue weighted by Crippen LogP contribution is 2.18. The molecule has 1 aromatic carbocycles. The maximum absolute atomic E-state index is 12.5. The Hall–Kier alpha value is -1.92. The summed E-state index contributed by atoms with van der Waals surface area (Å²) in [6.45, 7) is 8.52. The topological polar surface area (TPSA) is 64.7 Å². The fourth-order valence-electron chi connectivity index (χ4n) is 3.48. The van der Waals surface area contributed by atoms with Gasteiger partial charge in [0.1, 0.15) is 0 Å². The van der Waals surface area contributed by atoms with Crippen molar-refractivity contribution in [1.29, 1.82) is 0 Å². The Morgan fingerprint density at radius 2 is 1.74 bits per heavy atom. The molecule has 1 heterocycles. The SMILES string of the molecule is CC(CNC(=O)C(C)N1CCN(CC(=O)NC2CC2)CC1)c1ccccc1. The molecule has 6 nitrogen and oxygen atoms in total. The zero-order valence-electron chi connectivity index (χ0n) is 16.5. The van der Waals surface area contributed by atoms with E-state index in [4.69, 9.17) is 0 Å². The molecule has 148 valence electrons. The van der Waals surface area contributed by atoms with Crippen molar-refractivity contribution in [2.45, 2.75) is 44.7 Å². The first-order chi connectivity index (χ1) is 13.0. The molecule has 0 bridgehead atoms. The summed E-state index contributed by atoms with van der Waals surface area (Å²) in [5, 5.41) is 6.13. The molecule has 1 saturated heterocycles. The fourth-order valence-corrected chi connectivity index (χ4v) is 3.48. The van der Waals surface area contributed by atoms with Crippen LogP contribution >= 0.6 is 0 Å². The standard InChI is InChI=1S/C21H32N4O2/c1-16(18-6-4-3-5-7-18)14-22-21(27)17(2)25-12-10-24(11-13-25)15-20(26)23-19-8-9-19/h3-7,16-17,19H,8-15H2,1-2H3,(H,22,27)(H,23,26). The van der Waals surface area contributed by atoms with Gasteiger partial charge < -0.3 is 10.6 Å². The molecule has 0 aromatic heterocycles. The lowest BCUT2D eigenvalue weighted by molar-refractivity contribution is -0.128. The summed E-state index contributed by atoms with van der Waals surface area (Å²) in [6, 6.07) is 10.5. The van der Waals surface area contributed by atoms with Crippen molar-refractivity contribution >= 4 is 11.8 Å². The van der Waals surface area contributed by atoms with Crippen LogP contribution in [0.15, 0.2) is 30.3 Å². The minimum absolute atomic E-state index is 0.0812. The van der Waals surface area contributed by atoms with Crippen LogP contribution in [0.4, 0.5) is 0 Å². The molecule has 1 aliphatic carbocycles. The predicted octanol–water partition coefficient (Wildman–Crippen LogP) is 1.19. The van der Waals surface area contributed by atoms with E-state index < -0.39 is 0 Å². The number of rotatable bonds is 8. The van der Waals surface area contributed by atoms with Gasteiger partial charge >= 0.3 is 0 Å². The summed E-state index contributed by atoms with van der Waals surface area (Å²) in [5.41, 5.74) is 1.24. The predicted molar refractivity (Wildman–Crippen MR) is 107 cm³/mol. The molecule has 1 aromatic rings. The van der Waals surface area contributed by atoms with Crippen LogP contribution in [0.1, 0.15) is 38.2 Å². The molecule has 0 spiro atoms. The molecule has 6 heteroatoms. The summed E-state index contributed by atoms with van der Waals surface area (Å²) in [6.07, 6.45) is 2.24. The monoisotopic (exact) mass is 372 g/mol. The second-order valence-corrected chi connectivity index (χ2v) is 7.89. The van der Waals surface area contributed by atoms with Gasteiger partial charge in [-0.1, -0.05) is 37.3 Å². The van der Waals surface area contributed by atoms with Crippen LogP contribution in [-0.2, 0) is 9.59 Å². The summed E-state index contributed by atoms with van der Waals surface area (Å²) in [5.74, 6) is 0.508. The lowest BCUT2D eigenvalue weighted by Crippen LogP contribution is -2.55. The van der Waals surface area contributed by atoms with E-state index in [-0.39, 0.29) is 17.9 Å². The van der Waals surface area contributed by atoms with Gasteiger partial charge in [-0.15, -0.1) is 0 Å². The largest absolute Gasteiger partial charge is 0.354 e. The van der Waals surface area contributed by atoms with Crippen LogP contribution in [0.5, 0.6) is 0 Å². The Kier molecular flexibility index (Phi) is 6.85. The third-order valence-electron chi connectivity index (χ3n) is 5.59. The number of benzene rings is 1. The molecule has 2 amide bonds. The number of hydrogen-bond donors (Lipinski definition) is 2. The van der Waals surface area contributed by atoms with Gasteiger partial charge in [0.2, 0.25) is 11.8 Å². The van der Waals surface area contributed by atoms with Crippen molar-refractivity contribution in [3.63, 3.8) is 0 Å². The van der Waals surface area contributed by atoms with Gasteiger partial charge in [0.15, 0.2) is 0 Å². The van der Waals surface area contributed by atoms with Gasteiger partial charge in [0.05, 0.1) is 12.6 Å². The van der Waals surface area contributed by atoms with E-state index in [1.165, 1.54) is 5.56 Å². The molecule has 2 aliphatic rings. The van der Waals surface area contributed by atoms with E-state index in [9.17, 15) is 9.59 Å². The van der Waals surface area contributed by atoms with E-state index in [0.717, 1.165) is 39.0 Å². The highest BCUT2D eigenvalue weighted by molar-refractivity contribution is 5.81. The maximum atomic E-state index is 12.5. The zero-order valence-corrected chi connectivity index (χ0v) is 16.5. The second-order valence-electron chi connectivity index (χ2n) is 7.89. The van der Waals surface area contributed by atoms with Crippen molar-refractivity contribution in [3.05, 3.63) is 35.9 Å². The van der Waals surface area contributed by atoms with Crippen LogP contribution in [0, 0.1) is 0 Å². The molecular formula is C21H32N4O2. The first-order valence-electron chi connectivity index (χ1n) is 10.1. The minimum Gasteiger partial charge on any atom is -0.354 e. The van der Waals surface area contributed by atoms with Crippen LogP contribution in [0.3, 0.4) is 0 Å². The minimum atomic E-state index is -0.143. The van der Waals surface area contributed by atoms with Crippen LogP contribution in [-0.4, -0.2) is 73.0 Å². The molecule has 2 atom stereocenters. The van der Waals surface area contributed by atoms with Gasteiger partial charge in [-0.2, -0.15) is 0 Å². The average molecular weight is 373 g/mol. The zero-order chi connectivity index (χ0) is 19.2. The Morgan fingerprint density at radius 3 is 2.37 bits per heavy atom. The van der Waals surface area contributed by atoms with Gasteiger partial charge in [-0.3, -0.25) is 19.4 Å². The summed E-state index contributed by atoms with van der Waals surface area (Å²) >= 11 is 0. The molecule has 2 N–H and O–H groups in total. The van der Waals surface area contributed by atoms with Gasteiger partial charge in [0.25, 0.3) is 0 Å². The molecule has 27 heavy (non-hydrogen) atoms. The molecule has 2 unspecified atom stereocenters. The van der Waals surface area contributed by atoms with Crippen molar-refractivity contribution < 1.29 is 9.59 Å². The third-order valence-corrected chi connectivity index (χ3v) is 5.59. The first-order valence-corrected chi connectivity index (χ1v) is 10.1. The van der Waals surface area contributed by atoms with Crippen LogP contribution in [0.25, 0.3) is 0 Å². The number of hydrogen-bond acceptors (Lipinski definition) is 4. The number of nitrogens with zero attached hydrogens (tertiary/aromatic N) is 2. The van der Waals surface area contributed by atoms with Crippen molar-refractivity contribution in [2.24, 2.45) is 0 Å². The molecule has 1 saturated carbocycles. The smallest absolute Gasteiger partial charge is 0.237 e. The van der Waals surface area contributed by atoms with E-state index in [1.54, 1.807) is 0 Å². The molecular weight excluding hydrogens is 340 g/mol. The third kappa shape index (κ3) is 6.04. The van der Waals surface area contributed by atoms with Crippen LogP contribution in [0.2, 0.25) is 0 Å². The van der Waals surface area contributed by atoms with Crippen molar-refractivity contribution in [3.8, 4) is 0 Å². The Morgan fingerprint density at radius 1 is 1.07 bits per heavy atom. The molecule has 2 fully saturated rings. The fraction of sp³-hybridized carbons (Fsp3) is 0.619. The quantitative estimate of drug-likeness (QED) is 0.720. The Labute approximate surface area is 162 Å². The number of piperazine rings is 1. The van der Waals surface area contributed by atoms with E-state index >= 15 is 0 Å². The number of nitrogens with one attached hydrogen (secondary N) is 2. The number of carbonyl (C=O) groups is 2. The van der Waals surface area contributed by atoms with Crippen molar-refractivity contribution in [2.75, 3.05) is 39.3 Å². The van der Waals surface area contributed by atoms with Gasteiger partial charge in [-0.05, 0) is 31.2 Å². The normalized spacial score (nSPS) is 20.7. The van der Waals surface area contributed by atoms with Gasteiger partial charge in [0, 0.05) is 38.8 Å². The number of amides is 2. The van der Waals surface area contributed by atoms with E-state index in [1.807, 2.05) is 25.1 Å². The van der Waals surface area contributed by atoms with E-state index in [2.05, 4.69) is 39.5 Å². The maximum Gasteiger partial charge on any atom is 0.237 e. The lowest BCUT2D eigenvalue weighted by Gasteiger charge is -2.37. The van der Waals surface area contributed by atoms with Crippen LogP contribution < -0.4 is 10.6 Å². The second kappa shape index (κ2) is 9.33. The summed E-state index contributed by atoms with van der Waals surface area (Å²) < 4.78 is 0. The molecule has 1 aliphatic heterocycles. The average Bonchev–Trinajstić information content (AvgIpc) is 3.50. The summed E-state index contributed by atoms with van der Waals surface area (Å²) in [7, 11) is 0. The Balaban J connectivity index is 1.37. The molecule has 0 radical (unpaired) electrons. The lowest BCUT2D eigenvalue weighted by atomic mass is 10.0. The highest BCUT2D eigenvalue weighted by atomic mass is 16.2. The highest BCUT2D eigenvalue weighted by Gasteiger charge is 2.28. The molecule has 3 rings (SSSR count). The first kappa shape index (κ1) is 19.8. The van der Waals surface area contributed by atoms with Crippen molar-refractivity contribution in [1.82, 2.24) is 20.4 Å². The summed E-state index contributed by atoms with van der Waals surface area (Å²) in [4.78, 5) is 28.8. The van der Waals surface area contributed by atoms with Gasteiger partial charge in [-0.25, -0.2) is 0 Å². The number of carbonyl (C=O) groups excluding carboxylic acids is 2. The Bertz CT molecular complexity index is 624. The van der Waals surface area contributed by atoms with E-state index in [0.29, 0.717) is 25.0 Å².